The lowest BCUT2D eigenvalue weighted by atomic mass is 9.78. The maximum Gasteiger partial charge on any atom is 0.151 e. The van der Waals surface area contributed by atoms with Crippen LogP contribution in [0.5, 0.6) is 0 Å². The van der Waals surface area contributed by atoms with Crippen molar-refractivity contribution in [2.75, 3.05) is 0 Å². The number of carbonyl (C=O) groups is 3. The second-order valence-corrected chi connectivity index (χ2v) is 6.29. The van der Waals surface area contributed by atoms with Gasteiger partial charge in [0.05, 0.1) is 0 Å². The highest BCUT2D eigenvalue weighted by atomic mass is 16.2. The number of Topliss-reactive ketones (excluding diaryl/α,β-unsaturated/α-hetero) is 3. The van der Waals surface area contributed by atoms with Gasteiger partial charge in [0, 0.05) is 19.3 Å². The highest BCUT2D eigenvalue weighted by molar-refractivity contribution is 6.20. The average molecular weight is 292 g/mol. The first-order chi connectivity index (χ1) is 10.1. The van der Waals surface area contributed by atoms with Crippen LogP contribution in [-0.4, -0.2) is 17.3 Å². The molecule has 0 saturated heterocycles. The molecule has 118 valence electrons. The number of rotatable bonds is 10. The predicted molar refractivity (Wildman–Crippen MR) is 84.0 cm³/mol. The van der Waals surface area contributed by atoms with Gasteiger partial charge in [-0.25, -0.2) is 0 Å². The minimum atomic E-state index is -0.936. The van der Waals surface area contributed by atoms with Crippen LogP contribution in [0.15, 0.2) is 12.7 Å². The van der Waals surface area contributed by atoms with Crippen molar-refractivity contribution in [3.63, 3.8) is 0 Å². The fraction of sp³-hybridized carbons (Fsp3) is 0.722. The summed E-state index contributed by atoms with van der Waals surface area (Å²) in [5, 5.41) is 0. The molecular weight excluding hydrogens is 264 g/mol. The van der Waals surface area contributed by atoms with Crippen molar-refractivity contribution in [2.45, 2.75) is 71.1 Å². The second kappa shape index (κ2) is 9.64. The molecule has 0 bridgehead atoms. The Morgan fingerprint density at radius 3 is 2.14 bits per heavy atom. The summed E-state index contributed by atoms with van der Waals surface area (Å²) in [6.07, 6.45) is 10.6. The van der Waals surface area contributed by atoms with E-state index in [1.54, 1.807) is 0 Å². The van der Waals surface area contributed by atoms with E-state index in [9.17, 15) is 14.4 Å². The summed E-state index contributed by atoms with van der Waals surface area (Å²) in [4.78, 5) is 35.7. The lowest BCUT2D eigenvalue weighted by molar-refractivity contribution is -0.143. The van der Waals surface area contributed by atoms with E-state index >= 15 is 0 Å². The van der Waals surface area contributed by atoms with E-state index in [0.29, 0.717) is 19.3 Å². The van der Waals surface area contributed by atoms with E-state index in [4.69, 9.17) is 0 Å². The molecule has 3 nitrogen and oxygen atoms in total. The van der Waals surface area contributed by atoms with E-state index < -0.39 is 5.92 Å². The molecule has 0 radical (unpaired) electrons. The van der Waals surface area contributed by atoms with Gasteiger partial charge in [-0.05, 0) is 25.2 Å². The van der Waals surface area contributed by atoms with Crippen LogP contribution in [0.1, 0.15) is 71.1 Å². The minimum Gasteiger partial charge on any atom is -0.298 e. The third kappa shape index (κ3) is 6.36. The molecule has 0 heterocycles. The molecule has 0 unspecified atom stereocenters. The van der Waals surface area contributed by atoms with Crippen LogP contribution in [0.25, 0.3) is 0 Å². The van der Waals surface area contributed by atoms with Crippen molar-refractivity contribution in [1.82, 2.24) is 0 Å². The van der Waals surface area contributed by atoms with Crippen LogP contribution in [0.2, 0.25) is 0 Å². The van der Waals surface area contributed by atoms with Gasteiger partial charge >= 0.3 is 0 Å². The Morgan fingerprint density at radius 1 is 1.05 bits per heavy atom. The molecule has 0 atom stereocenters. The van der Waals surface area contributed by atoms with Gasteiger partial charge < -0.3 is 0 Å². The van der Waals surface area contributed by atoms with Crippen molar-refractivity contribution in [3.8, 4) is 0 Å². The summed E-state index contributed by atoms with van der Waals surface area (Å²) < 4.78 is 0. The zero-order chi connectivity index (χ0) is 15.7. The smallest absolute Gasteiger partial charge is 0.151 e. The van der Waals surface area contributed by atoms with E-state index in [0.717, 1.165) is 25.7 Å². The van der Waals surface area contributed by atoms with Gasteiger partial charge in [-0.2, -0.15) is 0 Å². The Hall–Kier alpha value is -1.25. The minimum absolute atomic E-state index is 0.101. The normalized spacial score (nSPS) is 22.3. The monoisotopic (exact) mass is 292 g/mol. The molecule has 0 spiro atoms. The van der Waals surface area contributed by atoms with Gasteiger partial charge in [-0.1, -0.05) is 38.7 Å². The molecule has 21 heavy (non-hydrogen) atoms. The molecule has 1 aliphatic rings. The molecule has 0 aliphatic heterocycles. The summed E-state index contributed by atoms with van der Waals surface area (Å²) in [7, 11) is 0. The van der Waals surface area contributed by atoms with Crippen LogP contribution in [-0.2, 0) is 14.4 Å². The molecule has 1 rings (SSSR count). The lowest BCUT2D eigenvalue weighted by Gasteiger charge is -2.22. The molecular formula is C18H28O3. The Bertz CT molecular complexity index is 366. The molecule has 0 N–H and O–H groups in total. The number of ketones is 3. The fourth-order valence-electron chi connectivity index (χ4n) is 2.97. The number of hydrogen-bond donors (Lipinski definition) is 0. The highest BCUT2D eigenvalue weighted by Gasteiger charge is 2.37. The van der Waals surface area contributed by atoms with Crippen LogP contribution in [0.3, 0.4) is 0 Å². The van der Waals surface area contributed by atoms with E-state index in [1.807, 2.05) is 13.0 Å². The summed E-state index contributed by atoms with van der Waals surface area (Å²) in [5.74, 6) is -1.30. The van der Waals surface area contributed by atoms with Crippen molar-refractivity contribution in [1.29, 1.82) is 0 Å². The zero-order valence-corrected chi connectivity index (χ0v) is 13.2. The molecule has 1 saturated carbocycles. The molecule has 3 heteroatoms. The summed E-state index contributed by atoms with van der Waals surface area (Å²) in [5.41, 5.74) is 0. The van der Waals surface area contributed by atoms with E-state index in [1.165, 1.54) is 19.3 Å². The first kappa shape index (κ1) is 17.8. The first-order valence-electron chi connectivity index (χ1n) is 8.25. The van der Waals surface area contributed by atoms with E-state index in [2.05, 4.69) is 6.58 Å². The average Bonchev–Trinajstić information content (AvgIpc) is 2.40. The number of carbonyl (C=O) groups excluding carboxylic acids is 3. The van der Waals surface area contributed by atoms with Crippen molar-refractivity contribution in [3.05, 3.63) is 12.7 Å². The third-order valence-electron chi connectivity index (χ3n) is 4.15. The maximum absolute atomic E-state index is 12.0. The van der Waals surface area contributed by atoms with Crippen molar-refractivity contribution >= 4 is 17.3 Å². The molecule has 0 aromatic rings. The van der Waals surface area contributed by atoms with E-state index in [-0.39, 0.29) is 23.3 Å². The molecule has 1 fully saturated rings. The summed E-state index contributed by atoms with van der Waals surface area (Å²) in [6, 6.07) is 0. The topological polar surface area (TPSA) is 51.2 Å². The van der Waals surface area contributed by atoms with Gasteiger partial charge in [-0.15, -0.1) is 6.58 Å². The Labute approximate surface area is 128 Å². The van der Waals surface area contributed by atoms with Gasteiger partial charge in [0.15, 0.2) is 17.3 Å². The lowest BCUT2D eigenvalue weighted by Crippen LogP contribution is -2.37. The number of unbranched alkanes of at least 4 members (excludes halogenated alkanes) is 6. The number of allylic oxidation sites excluding steroid dienone is 1. The van der Waals surface area contributed by atoms with Gasteiger partial charge in [0.25, 0.3) is 0 Å². The maximum atomic E-state index is 12.0. The number of hydrogen-bond acceptors (Lipinski definition) is 3. The quantitative estimate of drug-likeness (QED) is 0.347. The van der Waals surface area contributed by atoms with Crippen molar-refractivity contribution < 1.29 is 14.4 Å². The molecule has 0 aromatic heterocycles. The fourth-order valence-corrected chi connectivity index (χ4v) is 2.97. The van der Waals surface area contributed by atoms with Crippen LogP contribution in [0, 0.1) is 11.8 Å². The SMILES string of the molecule is C=CCCCCCCCCC(=O)C1C(=O)CC(C)CC1=O. The van der Waals surface area contributed by atoms with Crippen LogP contribution < -0.4 is 0 Å². The molecule has 0 amide bonds. The summed E-state index contributed by atoms with van der Waals surface area (Å²) in [6.45, 7) is 5.59. The second-order valence-electron chi connectivity index (χ2n) is 6.29. The Morgan fingerprint density at radius 2 is 1.57 bits per heavy atom. The molecule has 1 aliphatic carbocycles. The largest absolute Gasteiger partial charge is 0.298 e. The molecule has 0 aromatic carbocycles. The zero-order valence-electron chi connectivity index (χ0n) is 13.2. The Kier molecular flexibility index (Phi) is 8.17. The van der Waals surface area contributed by atoms with Gasteiger partial charge in [0.2, 0.25) is 0 Å². The van der Waals surface area contributed by atoms with Gasteiger partial charge in [-0.3, -0.25) is 14.4 Å². The first-order valence-corrected chi connectivity index (χ1v) is 8.25. The Balaban J connectivity index is 2.17. The van der Waals surface area contributed by atoms with Gasteiger partial charge in [0.1, 0.15) is 5.92 Å². The predicted octanol–water partition coefficient (Wildman–Crippen LogP) is 4.05. The standard InChI is InChI=1S/C18H28O3/c1-3-4-5-6-7-8-9-10-11-15(19)18-16(20)12-14(2)13-17(18)21/h3,14,18H,1,4-13H2,2H3. The summed E-state index contributed by atoms with van der Waals surface area (Å²) >= 11 is 0. The third-order valence-corrected chi connectivity index (χ3v) is 4.15. The van der Waals surface area contributed by atoms with Crippen LogP contribution >= 0.6 is 0 Å². The van der Waals surface area contributed by atoms with Crippen LogP contribution in [0.4, 0.5) is 0 Å². The van der Waals surface area contributed by atoms with Crippen molar-refractivity contribution in [2.24, 2.45) is 11.8 Å². The highest BCUT2D eigenvalue weighted by Crippen LogP contribution is 2.24.